The first-order valence-electron chi connectivity index (χ1n) is 11.0. The minimum Gasteiger partial charge on any atom is -0.444 e. The number of fused-ring (bicyclic) bond motifs is 1. The van der Waals surface area contributed by atoms with Gasteiger partial charge in [0.05, 0.1) is 10.2 Å². The summed E-state index contributed by atoms with van der Waals surface area (Å²) in [6, 6.07) is 15.6. The summed E-state index contributed by atoms with van der Waals surface area (Å²) in [5.74, 6) is 0.373. The zero-order chi connectivity index (χ0) is 22.7. The first-order chi connectivity index (χ1) is 15.3. The number of anilines is 1. The molecule has 6 nitrogen and oxygen atoms in total. The molecular formula is C25H29N3O3S. The van der Waals surface area contributed by atoms with Gasteiger partial charge in [-0.25, -0.2) is 9.78 Å². The van der Waals surface area contributed by atoms with Gasteiger partial charge in [0.25, 0.3) is 5.91 Å². The molecule has 0 unspecified atom stereocenters. The topological polar surface area (TPSA) is 71.5 Å². The Kier molecular flexibility index (Phi) is 6.46. The average molecular weight is 452 g/mol. The standard InChI is InChI=1S/C25H29N3O3S/c1-25(2,3)31-24(30)28-14-12-18(13-15-28)16-17-8-10-19(11-9-17)22(29)27-23-26-20-6-4-5-7-21(20)32-23/h4-11,18H,12-16H2,1-3H3,(H,26,27,29). The third-order valence-electron chi connectivity index (χ3n) is 5.52. The van der Waals surface area contributed by atoms with E-state index in [1.807, 2.05) is 69.3 Å². The number of carbonyl (C=O) groups is 2. The molecule has 2 aromatic carbocycles. The average Bonchev–Trinajstić information content (AvgIpc) is 3.16. The zero-order valence-corrected chi connectivity index (χ0v) is 19.6. The van der Waals surface area contributed by atoms with E-state index in [1.165, 1.54) is 16.9 Å². The maximum atomic E-state index is 12.6. The van der Waals surface area contributed by atoms with Gasteiger partial charge in [-0.2, -0.15) is 0 Å². The predicted molar refractivity (Wildman–Crippen MR) is 128 cm³/mol. The Hall–Kier alpha value is -2.93. The highest BCUT2D eigenvalue weighted by molar-refractivity contribution is 7.22. The summed E-state index contributed by atoms with van der Waals surface area (Å²) in [5.41, 5.74) is 2.25. The number of piperidine rings is 1. The van der Waals surface area contributed by atoms with Gasteiger partial charge in [0, 0.05) is 18.7 Å². The maximum absolute atomic E-state index is 12.6. The van der Waals surface area contributed by atoms with E-state index in [1.54, 1.807) is 4.90 Å². The van der Waals surface area contributed by atoms with Gasteiger partial charge >= 0.3 is 6.09 Å². The molecule has 0 bridgehead atoms. The van der Waals surface area contributed by atoms with Crippen molar-refractivity contribution in [3.05, 3.63) is 59.7 Å². The monoisotopic (exact) mass is 451 g/mol. The molecular weight excluding hydrogens is 422 g/mol. The summed E-state index contributed by atoms with van der Waals surface area (Å²) in [4.78, 5) is 31.1. The minimum atomic E-state index is -0.463. The number of nitrogens with zero attached hydrogens (tertiary/aromatic N) is 2. The largest absolute Gasteiger partial charge is 0.444 e. The van der Waals surface area contributed by atoms with E-state index >= 15 is 0 Å². The van der Waals surface area contributed by atoms with Crippen LogP contribution in [0, 0.1) is 5.92 Å². The Labute approximate surface area is 192 Å². The van der Waals surface area contributed by atoms with Crippen molar-refractivity contribution in [2.75, 3.05) is 18.4 Å². The van der Waals surface area contributed by atoms with Crippen molar-refractivity contribution in [2.45, 2.75) is 45.6 Å². The van der Waals surface area contributed by atoms with E-state index in [9.17, 15) is 9.59 Å². The van der Waals surface area contributed by atoms with Crippen molar-refractivity contribution < 1.29 is 14.3 Å². The van der Waals surface area contributed by atoms with E-state index in [4.69, 9.17) is 4.74 Å². The molecule has 32 heavy (non-hydrogen) atoms. The number of ether oxygens (including phenoxy) is 1. The van der Waals surface area contributed by atoms with Crippen LogP contribution in [-0.4, -0.2) is 40.6 Å². The molecule has 0 spiro atoms. The summed E-state index contributed by atoms with van der Waals surface area (Å²) in [6.45, 7) is 7.12. The molecule has 1 aliphatic rings. The van der Waals surface area contributed by atoms with Crippen LogP contribution in [-0.2, 0) is 11.2 Å². The Balaban J connectivity index is 1.28. The van der Waals surface area contributed by atoms with Gasteiger partial charge in [-0.05, 0) is 75.8 Å². The third-order valence-corrected chi connectivity index (χ3v) is 6.47. The number of benzene rings is 2. The molecule has 4 rings (SSSR count). The summed E-state index contributed by atoms with van der Waals surface area (Å²) in [6.07, 6.45) is 2.64. The summed E-state index contributed by atoms with van der Waals surface area (Å²) >= 11 is 1.47. The van der Waals surface area contributed by atoms with Crippen molar-refractivity contribution in [3.63, 3.8) is 0 Å². The lowest BCUT2D eigenvalue weighted by atomic mass is 9.90. The second-order valence-corrected chi connectivity index (χ2v) is 10.3. The first-order valence-corrected chi connectivity index (χ1v) is 11.8. The molecule has 1 aliphatic heterocycles. The molecule has 2 heterocycles. The Morgan fingerprint density at radius 3 is 2.44 bits per heavy atom. The Morgan fingerprint density at radius 2 is 1.78 bits per heavy atom. The Morgan fingerprint density at radius 1 is 1.09 bits per heavy atom. The van der Waals surface area contributed by atoms with Crippen LogP contribution in [0.5, 0.6) is 0 Å². The zero-order valence-electron chi connectivity index (χ0n) is 18.8. The van der Waals surface area contributed by atoms with Crippen LogP contribution < -0.4 is 5.32 Å². The number of para-hydroxylation sites is 1. The number of carbonyl (C=O) groups excluding carboxylic acids is 2. The maximum Gasteiger partial charge on any atom is 0.410 e. The molecule has 3 aromatic rings. The lowest BCUT2D eigenvalue weighted by Crippen LogP contribution is -2.42. The number of likely N-dealkylation sites (tertiary alicyclic amines) is 1. The summed E-state index contributed by atoms with van der Waals surface area (Å²) in [7, 11) is 0. The molecule has 168 valence electrons. The summed E-state index contributed by atoms with van der Waals surface area (Å²) < 4.78 is 6.52. The van der Waals surface area contributed by atoms with Crippen LogP contribution >= 0.6 is 11.3 Å². The van der Waals surface area contributed by atoms with Gasteiger partial charge in [0.15, 0.2) is 5.13 Å². The minimum absolute atomic E-state index is 0.152. The summed E-state index contributed by atoms with van der Waals surface area (Å²) in [5, 5.41) is 3.51. The van der Waals surface area contributed by atoms with Gasteiger partial charge in [-0.15, -0.1) is 0 Å². The number of hydrogen-bond donors (Lipinski definition) is 1. The fourth-order valence-corrected chi connectivity index (χ4v) is 4.73. The lowest BCUT2D eigenvalue weighted by molar-refractivity contribution is 0.0184. The quantitative estimate of drug-likeness (QED) is 0.549. The van der Waals surface area contributed by atoms with Crippen LogP contribution in [0.1, 0.15) is 49.5 Å². The van der Waals surface area contributed by atoms with Crippen molar-refractivity contribution in [3.8, 4) is 0 Å². The number of nitrogens with one attached hydrogen (secondary N) is 1. The molecule has 0 radical (unpaired) electrons. The number of aromatic nitrogens is 1. The highest BCUT2D eigenvalue weighted by atomic mass is 32.1. The van der Waals surface area contributed by atoms with E-state index in [2.05, 4.69) is 10.3 Å². The molecule has 0 atom stereocenters. The van der Waals surface area contributed by atoms with Crippen LogP contribution in [0.3, 0.4) is 0 Å². The molecule has 1 aromatic heterocycles. The second kappa shape index (κ2) is 9.28. The highest BCUT2D eigenvalue weighted by Crippen LogP contribution is 2.26. The molecule has 1 saturated heterocycles. The molecule has 0 aliphatic carbocycles. The van der Waals surface area contributed by atoms with E-state index < -0.39 is 5.60 Å². The van der Waals surface area contributed by atoms with Crippen LogP contribution in [0.15, 0.2) is 48.5 Å². The van der Waals surface area contributed by atoms with Gasteiger partial charge in [-0.1, -0.05) is 35.6 Å². The molecule has 1 fully saturated rings. The SMILES string of the molecule is CC(C)(C)OC(=O)N1CCC(Cc2ccc(C(=O)Nc3nc4ccccc4s3)cc2)CC1. The lowest BCUT2D eigenvalue weighted by Gasteiger charge is -2.33. The molecule has 7 heteroatoms. The number of thiazole rings is 1. The highest BCUT2D eigenvalue weighted by Gasteiger charge is 2.26. The van der Waals surface area contributed by atoms with Crippen molar-refractivity contribution in [1.29, 1.82) is 0 Å². The van der Waals surface area contributed by atoms with Crippen LogP contribution in [0.2, 0.25) is 0 Å². The Bertz CT molecular complexity index is 1060. The fraction of sp³-hybridized carbons (Fsp3) is 0.400. The molecule has 0 saturated carbocycles. The number of rotatable bonds is 4. The van der Waals surface area contributed by atoms with Gasteiger partial charge in [0.2, 0.25) is 0 Å². The second-order valence-electron chi connectivity index (χ2n) is 9.25. The first kappa shape index (κ1) is 22.3. The third kappa shape index (κ3) is 5.65. The predicted octanol–water partition coefficient (Wildman–Crippen LogP) is 5.74. The van der Waals surface area contributed by atoms with E-state index in [-0.39, 0.29) is 12.0 Å². The smallest absolute Gasteiger partial charge is 0.410 e. The van der Waals surface area contributed by atoms with E-state index in [0.717, 1.165) is 42.6 Å². The molecule has 2 amide bonds. The van der Waals surface area contributed by atoms with Crippen molar-refractivity contribution in [2.24, 2.45) is 5.92 Å². The van der Waals surface area contributed by atoms with Gasteiger partial charge < -0.3 is 9.64 Å². The van der Waals surface area contributed by atoms with E-state index in [0.29, 0.717) is 16.6 Å². The van der Waals surface area contributed by atoms with Crippen molar-refractivity contribution in [1.82, 2.24) is 9.88 Å². The van der Waals surface area contributed by atoms with Gasteiger partial charge in [0.1, 0.15) is 5.60 Å². The normalized spacial score (nSPS) is 15.0. The fourth-order valence-electron chi connectivity index (χ4n) is 3.87. The van der Waals surface area contributed by atoms with Gasteiger partial charge in [-0.3, -0.25) is 10.1 Å². The number of hydrogen-bond acceptors (Lipinski definition) is 5. The number of amides is 2. The van der Waals surface area contributed by atoms with Crippen LogP contribution in [0.4, 0.5) is 9.93 Å². The van der Waals surface area contributed by atoms with Crippen LogP contribution in [0.25, 0.3) is 10.2 Å². The van der Waals surface area contributed by atoms with Crippen molar-refractivity contribution >= 4 is 38.7 Å². The molecule has 1 N–H and O–H groups in total.